The zero-order valence-corrected chi connectivity index (χ0v) is 14.3. The molecule has 8 nitrogen and oxygen atoms in total. The smallest absolute Gasteiger partial charge is 0.271 e. The van der Waals surface area contributed by atoms with E-state index in [2.05, 4.69) is 15.2 Å². The third-order valence-electron chi connectivity index (χ3n) is 4.15. The molecule has 3 rings (SSSR count). The van der Waals surface area contributed by atoms with E-state index in [9.17, 15) is 19.1 Å². The molecule has 3 aromatic rings. The highest BCUT2D eigenvalue weighted by Gasteiger charge is 2.19. The van der Waals surface area contributed by atoms with E-state index in [0.717, 1.165) is 6.07 Å². The number of rotatable bonds is 5. The van der Waals surface area contributed by atoms with E-state index in [1.54, 1.807) is 20.2 Å². The zero-order valence-electron chi connectivity index (χ0n) is 14.3. The zero-order chi connectivity index (χ0) is 18.8. The van der Waals surface area contributed by atoms with E-state index >= 15 is 0 Å². The number of fused-ring (bicyclic) bond motifs is 1. The van der Waals surface area contributed by atoms with Crippen LogP contribution in [0.25, 0.3) is 10.9 Å². The summed E-state index contributed by atoms with van der Waals surface area (Å²) in [6.45, 7) is 0.582. The number of aromatic hydroxyl groups is 1. The number of aromatic nitrogens is 3. The maximum Gasteiger partial charge on any atom is 0.271 e. The molecule has 2 heterocycles. The standard InChI is InChI=1S/C17H18FN5O3/c1-22(16(25)12-5-6-19-21-12)7-8-23(2)17(26)13-9-10-14(24)4-3-11(18)15(10)20-13/h3-6,9,20,24H,7-8H2,1-2H3,(H,19,21). The van der Waals surface area contributed by atoms with Crippen LogP contribution in [0.15, 0.2) is 30.5 Å². The van der Waals surface area contributed by atoms with Crippen molar-refractivity contribution in [1.82, 2.24) is 25.0 Å². The lowest BCUT2D eigenvalue weighted by atomic mass is 10.2. The predicted octanol–water partition coefficient (Wildman–Crippen LogP) is 1.58. The number of nitrogens with zero attached hydrogens (tertiary/aromatic N) is 3. The van der Waals surface area contributed by atoms with E-state index in [-0.39, 0.29) is 40.7 Å². The van der Waals surface area contributed by atoms with Gasteiger partial charge in [-0.25, -0.2) is 4.39 Å². The van der Waals surface area contributed by atoms with Crippen LogP contribution in [-0.4, -0.2) is 69.1 Å². The number of nitrogens with one attached hydrogen (secondary N) is 2. The summed E-state index contributed by atoms with van der Waals surface area (Å²) in [5, 5.41) is 16.4. The number of hydrogen-bond acceptors (Lipinski definition) is 4. The van der Waals surface area contributed by atoms with Crippen molar-refractivity contribution in [3.63, 3.8) is 0 Å². The molecule has 0 aliphatic carbocycles. The predicted molar refractivity (Wildman–Crippen MR) is 92.4 cm³/mol. The summed E-state index contributed by atoms with van der Waals surface area (Å²) in [7, 11) is 3.20. The second-order valence-electron chi connectivity index (χ2n) is 5.96. The lowest BCUT2D eigenvalue weighted by Gasteiger charge is -2.21. The van der Waals surface area contributed by atoms with Crippen molar-refractivity contribution < 1.29 is 19.1 Å². The van der Waals surface area contributed by atoms with E-state index in [4.69, 9.17) is 0 Å². The minimum absolute atomic E-state index is 0.0771. The van der Waals surface area contributed by atoms with Crippen LogP contribution in [0.1, 0.15) is 21.0 Å². The van der Waals surface area contributed by atoms with Crippen LogP contribution in [0, 0.1) is 5.82 Å². The Kier molecular flexibility index (Phi) is 4.61. The Morgan fingerprint density at radius 3 is 2.35 bits per heavy atom. The Hall–Kier alpha value is -3.36. The molecule has 0 bridgehead atoms. The maximum absolute atomic E-state index is 13.8. The van der Waals surface area contributed by atoms with Gasteiger partial charge in [-0.05, 0) is 24.3 Å². The van der Waals surface area contributed by atoms with Gasteiger partial charge in [0.1, 0.15) is 23.0 Å². The third-order valence-corrected chi connectivity index (χ3v) is 4.15. The summed E-state index contributed by atoms with van der Waals surface area (Å²) < 4.78 is 13.8. The van der Waals surface area contributed by atoms with Crippen LogP contribution in [0.4, 0.5) is 4.39 Å². The summed E-state index contributed by atoms with van der Waals surface area (Å²) in [4.78, 5) is 30.2. The van der Waals surface area contributed by atoms with Gasteiger partial charge in [0.2, 0.25) is 0 Å². The highest BCUT2D eigenvalue weighted by atomic mass is 19.1. The Labute approximate surface area is 148 Å². The number of hydrogen-bond donors (Lipinski definition) is 3. The summed E-state index contributed by atoms with van der Waals surface area (Å²) in [6, 6.07) is 5.34. The molecule has 0 saturated heterocycles. The number of carbonyl (C=O) groups excluding carboxylic acids is 2. The van der Waals surface area contributed by atoms with Crippen LogP contribution in [-0.2, 0) is 0 Å². The van der Waals surface area contributed by atoms with Crippen molar-refractivity contribution in [2.45, 2.75) is 0 Å². The summed E-state index contributed by atoms with van der Waals surface area (Å²) in [5.74, 6) is -1.27. The van der Waals surface area contributed by atoms with Gasteiger partial charge in [0.15, 0.2) is 0 Å². The number of likely N-dealkylation sites (N-methyl/N-ethyl adjacent to an activating group) is 2. The average molecular weight is 359 g/mol. The molecule has 0 saturated carbocycles. The van der Waals surface area contributed by atoms with E-state index in [1.807, 2.05) is 0 Å². The Balaban J connectivity index is 1.67. The number of phenols is 1. The van der Waals surface area contributed by atoms with E-state index in [1.165, 1.54) is 28.1 Å². The fourth-order valence-electron chi connectivity index (χ4n) is 2.57. The minimum Gasteiger partial charge on any atom is -0.507 e. The molecule has 0 unspecified atom stereocenters. The van der Waals surface area contributed by atoms with Crippen LogP contribution < -0.4 is 0 Å². The number of benzene rings is 1. The highest BCUT2D eigenvalue weighted by molar-refractivity contribution is 5.99. The van der Waals surface area contributed by atoms with Gasteiger partial charge in [0.05, 0.1) is 5.52 Å². The molecular formula is C17H18FN5O3. The molecule has 0 radical (unpaired) electrons. The van der Waals surface area contributed by atoms with Crippen molar-refractivity contribution in [3.05, 3.63) is 47.7 Å². The van der Waals surface area contributed by atoms with Gasteiger partial charge in [0.25, 0.3) is 11.8 Å². The first-order chi connectivity index (χ1) is 12.4. The average Bonchev–Trinajstić information content (AvgIpc) is 3.31. The largest absolute Gasteiger partial charge is 0.507 e. The van der Waals surface area contributed by atoms with Gasteiger partial charge in [-0.3, -0.25) is 14.7 Å². The molecule has 2 aromatic heterocycles. The first-order valence-electron chi connectivity index (χ1n) is 7.89. The Bertz CT molecular complexity index is 912. The summed E-state index contributed by atoms with van der Waals surface area (Å²) in [5.41, 5.74) is 0.599. The lowest BCUT2D eigenvalue weighted by molar-refractivity contribution is 0.0713. The van der Waals surface area contributed by atoms with Crippen molar-refractivity contribution in [1.29, 1.82) is 0 Å². The molecule has 0 atom stereocenters. The van der Waals surface area contributed by atoms with Crippen molar-refractivity contribution in [2.75, 3.05) is 27.2 Å². The molecule has 26 heavy (non-hydrogen) atoms. The number of halogens is 1. The molecule has 2 amide bonds. The molecular weight excluding hydrogens is 341 g/mol. The van der Waals surface area contributed by atoms with Crippen LogP contribution in [0.5, 0.6) is 5.75 Å². The minimum atomic E-state index is -0.551. The molecule has 0 spiro atoms. The van der Waals surface area contributed by atoms with Crippen molar-refractivity contribution in [3.8, 4) is 5.75 Å². The fraction of sp³-hybridized carbons (Fsp3) is 0.235. The first kappa shape index (κ1) is 17.5. The Morgan fingerprint density at radius 2 is 1.77 bits per heavy atom. The lowest BCUT2D eigenvalue weighted by Crippen LogP contribution is -2.37. The monoisotopic (exact) mass is 359 g/mol. The molecule has 0 aliphatic rings. The van der Waals surface area contributed by atoms with Crippen LogP contribution >= 0.6 is 0 Å². The maximum atomic E-state index is 13.8. The molecule has 136 valence electrons. The topological polar surface area (TPSA) is 105 Å². The summed E-state index contributed by atoms with van der Waals surface area (Å²) in [6.07, 6.45) is 1.49. The molecule has 1 aromatic carbocycles. The molecule has 0 fully saturated rings. The van der Waals surface area contributed by atoms with Gasteiger partial charge in [-0.2, -0.15) is 5.10 Å². The number of phenolic OH excluding ortho intramolecular Hbond substituents is 1. The van der Waals surface area contributed by atoms with Crippen molar-refractivity contribution in [2.24, 2.45) is 0 Å². The molecule has 9 heteroatoms. The van der Waals surface area contributed by atoms with Crippen LogP contribution in [0.3, 0.4) is 0 Å². The fourth-order valence-corrected chi connectivity index (χ4v) is 2.57. The molecule has 0 aliphatic heterocycles. The quantitative estimate of drug-likeness (QED) is 0.643. The highest BCUT2D eigenvalue weighted by Crippen LogP contribution is 2.27. The van der Waals surface area contributed by atoms with Gasteiger partial charge < -0.3 is 19.9 Å². The molecule has 3 N–H and O–H groups in total. The second kappa shape index (κ2) is 6.87. The van der Waals surface area contributed by atoms with Gasteiger partial charge in [-0.15, -0.1) is 0 Å². The van der Waals surface area contributed by atoms with E-state index < -0.39 is 5.82 Å². The summed E-state index contributed by atoms with van der Waals surface area (Å²) >= 11 is 0. The van der Waals surface area contributed by atoms with E-state index in [0.29, 0.717) is 12.2 Å². The number of carbonyl (C=O) groups is 2. The second-order valence-corrected chi connectivity index (χ2v) is 5.96. The van der Waals surface area contributed by atoms with Gasteiger partial charge in [-0.1, -0.05) is 0 Å². The normalized spacial score (nSPS) is 10.9. The first-order valence-corrected chi connectivity index (χ1v) is 7.89. The Morgan fingerprint density at radius 1 is 1.12 bits per heavy atom. The number of amides is 2. The number of H-pyrrole nitrogens is 2. The third kappa shape index (κ3) is 3.23. The number of aromatic amines is 2. The van der Waals surface area contributed by atoms with Crippen LogP contribution in [0.2, 0.25) is 0 Å². The SMILES string of the molecule is CN(CCN(C)C(=O)c1cc2c(O)ccc(F)c2[nH]1)C(=O)c1ccn[nH]1. The van der Waals surface area contributed by atoms with Gasteiger partial charge >= 0.3 is 0 Å². The van der Waals surface area contributed by atoms with Crippen molar-refractivity contribution >= 4 is 22.7 Å². The van der Waals surface area contributed by atoms with Gasteiger partial charge in [0, 0.05) is 38.8 Å².